The summed E-state index contributed by atoms with van der Waals surface area (Å²) in [6.07, 6.45) is 0.498. The van der Waals surface area contributed by atoms with Crippen LogP contribution in [0.15, 0.2) is 42.5 Å². The van der Waals surface area contributed by atoms with E-state index in [1.54, 1.807) is 17.0 Å². The molecule has 0 radical (unpaired) electrons. The standard InChI is InChI=1S/C21H17Cl2N3O2/c1-2-25-20(27)17-10-13-12-5-3-4-6-16(12)24-18(13)19(26(17)21(25)28)11-7-8-14(22)15(23)9-11/h3-9,17,19,24H,2,10H2,1H3/t17-,19+/m0/s1. The first-order chi connectivity index (χ1) is 13.5. The first kappa shape index (κ1) is 17.6. The highest BCUT2D eigenvalue weighted by Gasteiger charge is 2.52. The number of nitrogens with zero attached hydrogens (tertiary/aromatic N) is 2. The number of halogens is 2. The fraction of sp³-hybridized carbons (Fsp3) is 0.238. The van der Waals surface area contributed by atoms with Crippen LogP contribution in [0.2, 0.25) is 10.0 Å². The molecule has 28 heavy (non-hydrogen) atoms. The van der Waals surface area contributed by atoms with Crippen LogP contribution in [0.25, 0.3) is 10.9 Å². The van der Waals surface area contributed by atoms with Crippen molar-refractivity contribution in [1.29, 1.82) is 0 Å². The number of fused-ring (bicyclic) bond motifs is 4. The van der Waals surface area contributed by atoms with Gasteiger partial charge in [0.1, 0.15) is 12.1 Å². The van der Waals surface area contributed by atoms with Crippen molar-refractivity contribution in [3.8, 4) is 0 Å². The third-order valence-corrected chi connectivity index (χ3v) is 6.45. The number of hydrogen-bond donors (Lipinski definition) is 1. The zero-order valence-electron chi connectivity index (χ0n) is 15.1. The number of aromatic nitrogens is 1. The first-order valence-electron chi connectivity index (χ1n) is 9.19. The number of benzene rings is 2. The van der Waals surface area contributed by atoms with Crippen LogP contribution >= 0.6 is 23.2 Å². The first-order valence-corrected chi connectivity index (χ1v) is 9.95. The molecule has 0 aliphatic carbocycles. The number of carbonyl (C=O) groups is 2. The number of rotatable bonds is 2. The second-order valence-electron chi connectivity index (χ2n) is 7.13. The minimum absolute atomic E-state index is 0.145. The quantitative estimate of drug-likeness (QED) is 0.614. The van der Waals surface area contributed by atoms with Crippen LogP contribution in [0, 0.1) is 0 Å². The molecule has 3 aromatic rings. The van der Waals surface area contributed by atoms with Gasteiger partial charge in [-0.05, 0) is 36.2 Å². The summed E-state index contributed by atoms with van der Waals surface area (Å²) in [6.45, 7) is 2.17. The Morgan fingerprint density at radius 1 is 1.11 bits per heavy atom. The van der Waals surface area contributed by atoms with E-state index in [0.717, 1.165) is 27.7 Å². The third-order valence-electron chi connectivity index (χ3n) is 5.71. The maximum Gasteiger partial charge on any atom is 0.328 e. The van der Waals surface area contributed by atoms with E-state index in [0.29, 0.717) is 23.0 Å². The second-order valence-corrected chi connectivity index (χ2v) is 7.95. The van der Waals surface area contributed by atoms with E-state index in [2.05, 4.69) is 4.98 Å². The molecule has 2 aromatic carbocycles. The van der Waals surface area contributed by atoms with Crippen molar-refractivity contribution >= 4 is 46.0 Å². The SMILES string of the molecule is CCN1C(=O)[C@@H]2Cc3c([nH]c4ccccc34)[C@@H](c3ccc(Cl)c(Cl)c3)N2C1=O. The number of imide groups is 1. The molecule has 0 saturated carbocycles. The van der Waals surface area contributed by atoms with Crippen molar-refractivity contribution in [2.75, 3.05) is 6.54 Å². The highest BCUT2D eigenvalue weighted by atomic mass is 35.5. The zero-order valence-corrected chi connectivity index (χ0v) is 16.6. The predicted octanol–water partition coefficient (Wildman–Crippen LogP) is 4.77. The largest absolute Gasteiger partial charge is 0.356 e. The monoisotopic (exact) mass is 413 g/mol. The minimum atomic E-state index is -0.515. The molecule has 3 amide bonds. The van der Waals surface area contributed by atoms with Gasteiger partial charge in [0.2, 0.25) is 0 Å². The summed E-state index contributed by atoms with van der Waals surface area (Å²) < 4.78 is 0. The van der Waals surface area contributed by atoms with E-state index >= 15 is 0 Å². The molecule has 0 unspecified atom stereocenters. The highest BCUT2D eigenvalue weighted by molar-refractivity contribution is 6.42. The summed E-state index contributed by atoms with van der Waals surface area (Å²) in [4.78, 5) is 32.5. The Kier molecular flexibility index (Phi) is 3.93. The molecule has 2 aliphatic rings. The summed E-state index contributed by atoms with van der Waals surface area (Å²) in [5.74, 6) is -0.145. The van der Waals surface area contributed by atoms with Crippen LogP contribution in [0.4, 0.5) is 4.79 Å². The van der Waals surface area contributed by atoms with Crippen molar-refractivity contribution in [2.45, 2.75) is 25.4 Å². The van der Waals surface area contributed by atoms with Gasteiger partial charge in [-0.15, -0.1) is 0 Å². The molecule has 1 N–H and O–H groups in total. The molecule has 5 rings (SSSR count). The van der Waals surface area contributed by atoms with E-state index < -0.39 is 12.1 Å². The van der Waals surface area contributed by atoms with Crippen molar-refractivity contribution in [1.82, 2.24) is 14.8 Å². The van der Waals surface area contributed by atoms with Crippen LogP contribution in [-0.4, -0.2) is 39.3 Å². The molecule has 0 spiro atoms. The Morgan fingerprint density at radius 2 is 1.89 bits per heavy atom. The summed E-state index contributed by atoms with van der Waals surface area (Å²) in [7, 11) is 0. The molecule has 7 heteroatoms. The van der Waals surface area contributed by atoms with E-state index in [-0.39, 0.29) is 11.9 Å². The number of urea groups is 1. The fourth-order valence-electron chi connectivity index (χ4n) is 4.45. The van der Waals surface area contributed by atoms with Crippen molar-refractivity contribution < 1.29 is 9.59 Å². The molecular weight excluding hydrogens is 397 g/mol. The molecule has 0 bridgehead atoms. The lowest BCUT2D eigenvalue weighted by molar-refractivity contribution is -0.128. The second kappa shape index (κ2) is 6.26. The maximum absolute atomic E-state index is 13.1. The number of H-pyrrole nitrogens is 1. The smallest absolute Gasteiger partial charge is 0.328 e. The maximum atomic E-state index is 13.1. The number of nitrogens with one attached hydrogen (secondary N) is 1. The highest BCUT2D eigenvalue weighted by Crippen LogP contribution is 2.44. The number of carbonyl (C=O) groups excluding carboxylic acids is 2. The average Bonchev–Trinajstić information content (AvgIpc) is 3.18. The molecule has 1 saturated heterocycles. The number of aromatic amines is 1. The van der Waals surface area contributed by atoms with Crippen LogP contribution < -0.4 is 0 Å². The van der Waals surface area contributed by atoms with Gasteiger partial charge in [-0.25, -0.2) is 4.79 Å². The average molecular weight is 414 g/mol. The molecule has 2 atom stereocenters. The van der Waals surface area contributed by atoms with Crippen molar-refractivity contribution in [3.05, 3.63) is 69.3 Å². The Balaban J connectivity index is 1.77. The van der Waals surface area contributed by atoms with Crippen LogP contribution in [0.5, 0.6) is 0 Å². The lowest BCUT2D eigenvalue weighted by Gasteiger charge is -2.36. The van der Waals surface area contributed by atoms with Crippen LogP contribution in [0.3, 0.4) is 0 Å². The van der Waals surface area contributed by atoms with Crippen molar-refractivity contribution in [2.24, 2.45) is 0 Å². The molecular formula is C21H17Cl2N3O2. The number of amides is 3. The molecule has 2 aliphatic heterocycles. The Morgan fingerprint density at radius 3 is 2.64 bits per heavy atom. The number of likely N-dealkylation sites (N-methyl/N-ethyl adjacent to an activating group) is 1. The van der Waals surface area contributed by atoms with Gasteiger partial charge < -0.3 is 4.98 Å². The molecule has 5 nitrogen and oxygen atoms in total. The van der Waals surface area contributed by atoms with Gasteiger partial charge in [0, 0.05) is 29.6 Å². The van der Waals surface area contributed by atoms with Crippen molar-refractivity contribution in [3.63, 3.8) is 0 Å². The number of para-hydroxylation sites is 1. The summed E-state index contributed by atoms with van der Waals surface area (Å²) >= 11 is 12.4. The normalized spacial score (nSPS) is 21.4. The van der Waals surface area contributed by atoms with Crippen LogP contribution in [0.1, 0.15) is 29.8 Å². The lowest BCUT2D eigenvalue weighted by atomic mass is 9.89. The lowest BCUT2D eigenvalue weighted by Crippen LogP contribution is -2.44. The number of hydrogen-bond acceptors (Lipinski definition) is 2. The van der Waals surface area contributed by atoms with Gasteiger partial charge in [0.25, 0.3) is 5.91 Å². The van der Waals surface area contributed by atoms with E-state index in [1.165, 1.54) is 4.90 Å². The molecule has 1 fully saturated rings. The Labute approximate surface area is 171 Å². The van der Waals surface area contributed by atoms with Gasteiger partial charge in [-0.3, -0.25) is 14.6 Å². The summed E-state index contributed by atoms with van der Waals surface area (Å²) in [6, 6.07) is 12.2. The van der Waals surface area contributed by atoms with Gasteiger partial charge >= 0.3 is 6.03 Å². The van der Waals surface area contributed by atoms with Gasteiger partial charge in [0.15, 0.2) is 0 Å². The van der Waals surface area contributed by atoms with Gasteiger partial charge in [0.05, 0.1) is 10.0 Å². The van der Waals surface area contributed by atoms with Gasteiger partial charge in [-0.1, -0.05) is 47.5 Å². The molecule has 142 valence electrons. The topological polar surface area (TPSA) is 56.4 Å². The Bertz CT molecular complexity index is 1140. The predicted molar refractivity (Wildman–Crippen MR) is 109 cm³/mol. The Hall–Kier alpha value is -2.50. The van der Waals surface area contributed by atoms with E-state index in [9.17, 15) is 9.59 Å². The third kappa shape index (κ3) is 2.33. The van der Waals surface area contributed by atoms with Crippen LogP contribution in [-0.2, 0) is 11.2 Å². The minimum Gasteiger partial charge on any atom is -0.356 e. The molecule has 1 aromatic heterocycles. The zero-order chi connectivity index (χ0) is 19.6. The van der Waals surface area contributed by atoms with Gasteiger partial charge in [-0.2, -0.15) is 0 Å². The summed E-state index contributed by atoms with van der Waals surface area (Å²) in [5, 5.41) is 1.95. The fourth-order valence-corrected chi connectivity index (χ4v) is 4.76. The summed E-state index contributed by atoms with van der Waals surface area (Å²) in [5.41, 5.74) is 3.82. The van der Waals surface area contributed by atoms with E-state index in [1.807, 2.05) is 37.3 Å². The molecule has 3 heterocycles. The van der Waals surface area contributed by atoms with E-state index in [4.69, 9.17) is 23.2 Å².